The fourth-order valence-corrected chi connectivity index (χ4v) is 4.25. The van der Waals surface area contributed by atoms with Crippen molar-refractivity contribution in [1.82, 2.24) is 0 Å². The first-order valence-electron chi connectivity index (χ1n) is 10.4. The van der Waals surface area contributed by atoms with E-state index in [0.717, 1.165) is 19.3 Å². The predicted molar refractivity (Wildman–Crippen MR) is 108 cm³/mol. The first-order chi connectivity index (χ1) is 13.3. The van der Waals surface area contributed by atoms with Gasteiger partial charge in [-0.1, -0.05) is 42.9 Å². The van der Waals surface area contributed by atoms with Gasteiger partial charge in [0.15, 0.2) is 0 Å². The van der Waals surface area contributed by atoms with Crippen LogP contribution in [0.4, 0.5) is 0 Å². The lowest BCUT2D eigenvalue weighted by molar-refractivity contribution is -0.205. The van der Waals surface area contributed by atoms with Gasteiger partial charge < -0.3 is 15.3 Å². The van der Waals surface area contributed by atoms with E-state index >= 15 is 0 Å². The predicted octanol–water partition coefficient (Wildman–Crippen LogP) is 4.16. The number of aliphatic hydroxyl groups is 2. The van der Waals surface area contributed by atoms with E-state index < -0.39 is 11.8 Å². The van der Waals surface area contributed by atoms with Crippen LogP contribution in [0.2, 0.25) is 0 Å². The van der Waals surface area contributed by atoms with Gasteiger partial charge >= 0.3 is 5.97 Å². The Kier molecular flexibility index (Phi) is 8.20. The summed E-state index contributed by atoms with van der Waals surface area (Å²) in [6, 6.07) is 0. The Bertz CT molecular complexity index is 625. The number of rotatable bonds is 11. The van der Waals surface area contributed by atoms with Crippen molar-refractivity contribution in [2.45, 2.75) is 76.9 Å². The third-order valence-electron chi connectivity index (χ3n) is 6.35. The normalized spacial score (nSPS) is 25.2. The smallest absolute Gasteiger partial charge is 0.364 e. The molecule has 5 nitrogen and oxygen atoms in total. The van der Waals surface area contributed by atoms with Crippen molar-refractivity contribution in [1.29, 1.82) is 0 Å². The number of hydrogen-bond donors (Lipinski definition) is 3. The summed E-state index contributed by atoms with van der Waals surface area (Å²) in [7, 11) is 0. The molecule has 0 bridgehead atoms. The van der Waals surface area contributed by atoms with E-state index in [2.05, 4.69) is 31.2 Å². The minimum atomic E-state index is -2.69. The maximum atomic E-state index is 12.2. The van der Waals surface area contributed by atoms with Crippen LogP contribution >= 0.6 is 0 Å². The molecular formula is C23H34O5. The first-order valence-corrected chi connectivity index (χ1v) is 10.4. The molecule has 2 fully saturated rings. The average Bonchev–Trinajstić information content (AvgIpc) is 2.96. The second-order valence-electron chi connectivity index (χ2n) is 8.40. The third-order valence-corrected chi connectivity index (χ3v) is 6.35. The van der Waals surface area contributed by atoms with Gasteiger partial charge in [0.1, 0.15) is 5.78 Å². The number of carboxylic acids is 1. The monoisotopic (exact) mass is 390 g/mol. The van der Waals surface area contributed by atoms with E-state index in [1.165, 1.54) is 19.3 Å². The molecule has 5 heteroatoms. The summed E-state index contributed by atoms with van der Waals surface area (Å²) in [6.07, 6.45) is 20.7. The molecule has 0 aliphatic heterocycles. The number of carboxylic acid groups (broad SMARTS) is 1. The minimum absolute atomic E-state index is 0.0205. The van der Waals surface area contributed by atoms with Gasteiger partial charge in [0.05, 0.1) is 0 Å². The van der Waals surface area contributed by atoms with Gasteiger partial charge in [-0.3, -0.25) is 4.79 Å². The van der Waals surface area contributed by atoms with Crippen LogP contribution < -0.4 is 0 Å². The molecule has 3 N–H and O–H groups in total. The Hall–Kier alpha value is -1.72. The fourth-order valence-electron chi connectivity index (χ4n) is 4.25. The molecule has 0 aromatic rings. The van der Waals surface area contributed by atoms with Crippen LogP contribution in [-0.2, 0) is 9.59 Å². The van der Waals surface area contributed by atoms with Crippen molar-refractivity contribution in [3.05, 3.63) is 36.5 Å². The number of allylic oxidation sites excluding steroid dienone is 6. The van der Waals surface area contributed by atoms with E-state index in [1.807, 2.05) is 6.08 Å². The molecule has 0 radical (unpaired) electrons. The third kappa shape index (κ3) is 6.14. The van der Waals surface area contributed by atoms with E-state index in [9.17, 15) is 19.8 Å². The number of hydrogen-bond acceptors (Lipinski definition) is 4. The second kappa shape index (κ2) is 10.2. The average molecular weight is 391 g/mol. The van der Waals surface area contributed by atoms with Crippen LogP contribution in [0.3, 0.4) is 0 Å². The lowest BCUT2D eigenvalue weighted by Crippen LogP contribution is -2.37. The molecule has 0 aromatic carbocycles. The van der Waals surface area contributed by atoms with Crippen molar-refractivity contribution >= 4 is 11.8 Å². The van der Waals surface area contributed by atoms with Crippen molar-refractivity contribution in [2.75, 3.05) is 0 Å². The molecule has 0 amide bonds. The molecule has 2 aliphatic carbocycles. The lowest BCUT2D eigenvalue weighted by atomic mass is 9.64. The van der Waals surface area contributed by atoms with Gasteiger partial charge in [0, 0.05) is 18.8 Å². The van der Waals surface area contributed by atoms with Crippen molar-refractivity contribution in [3.63, 3.8) is 0 Å². The summed E-state index contributed by atoms with van der Waals surface area (Å²) in [5.41, 5.74) is 0.423. The van der Waals surface area contributed by atoms with Crippen LogP contribution in [0, 0.1) is 17.3 Å². The molecule has 0 unspecified atom stereocenters. The first kappa shape index (κ1) is 22.6. The Morgan fingerprint density at radius 1 is 1.18 bits per heavy atom. The quantitative estimate of drug-likeness (QED) is 0.364. The van der Waals surface area contributed by atoms with Crippen LogP contribution in [0.15, 0.2) is 36.5 Å². The highest BCUT2D eigenvalue weighted by Crippen LogP contribution is 2.47. The van der Waals surface area contributed by atoms with Crippen LogP contribution in [0.25, 0.3) is 0 Å². The van der Waals surface area contributed by atoms with Crippen molar-refractivity contribution < 1.29 is 24.9 Å². The molecule has 2 aliphatic rings. The number of ketones is 1. The largest absolute Gasteiger partial charge is 0.477 e. The van der Waals surface area contributed by atoms with Crippen LogP contribution in [0.1, 0.15) is 71.1 Å². The zero-order chi connectivity index (χ0) is 20.6. The summed E-state index contributed by atoms with van der Waals surface area (Å²) >= 11 is 0. The molecule has 2 rings (SSSR count). The van der Waals surface area contributed by atoms with Crippen LogP contribution in [-0.4, -0.2) is 32.9 Å². The van der Waals surface area contributed by atoms with E-state index in [4.69, 9.17) is 5.11 Å². The standard InChI is InChI=1S/C23H34O5/c1-2-3-13-22(15-8-16-22)14-7-9-18-11-12-20(24)19(18)10-5-4-6-17-23(27,28)21(25)26/h2-5,7,9,18-19,27-28H,6,8,10-17H2,1H3,(H,25,26)/b3-2-,5-4-,9-7+/t18-,19+/m0/s1. The molecule has 0 aromatic heterocycles. The molecule has 2 atom stereocenters. The van der Waals surface area contributed by atoms with Gasteiger partial charge in [0.2, 0.25) is 0 Å². The highest BCUT2D eigenvalue weighted by atomic mass is 16.5. The summed E-state index contributed by atoms with van der Waals surface area (Å²) in [5.74, 6) is -3.80. The molecule has 0 spiro atoms. The van der Waals surface area contributed by atoms with Crippen molar-refractivity contribution in [3.8, 4) is 0 Å². The van der Waals surface area contributed by atoms with Gasteiger partial charge in [-0.2, -0.15) is 0 Å². The van der Waals surface area contributed by atoms with E-state index in [0.29, 0.717) is 18.3 Å². The molecule has 2 saturated carbocycles. The molecule has 0 saturated heterocycles. The Labute approximate surface area is 167 Å². The number of carbonyl (C=O) groups excluding carboxylic acids is 1. The topological polar surface area (TPSA) is 94.8 Å². The molecule has 28 heavy (non-hydrogen) atoms. The van der Waals surface area contributed by atoms with Gasteiger partial charge in [-0.15, -0.1) is 0 Å². The maximum absolute atomic E-state index is 12.2. The summed E-state index contributed by atoms with van der Waals surface area (Å²) in [5, 5.41) is 27.2. The number of Topliss-reactive ketones (excluding diaryl/α,β-unsaturated/α-hetero) is 1. The summed E-state index contributed by atoms with van der Waals surface area (Å²) in [4.78, 5) is 22.9. The van der Waals surface area contributed by atoms with Crippen LogP contribution in [0.5, 0.6) is 0 Å². The molecular weight excluding hydrogens is 356 g/mol. The number of carbonyl (C=O) groups is 2. The Morgan fingerprint density at radius 3 is 2.50 bits per heavy atom. The van der Waals surface area contributed by atoms with Gasteiger partial charge in [0.25, 0.3) is 5.79 Å². The number of aliphatic carboxylic acids is 1. The lowest BCUT2D eigenvalue weighted by Gasteiger charge is -2.41. The molecule has 0 heterocycles. The Balaban J connectivity index is 1.82. The van der Waals surface area contributed by atoms with E-state index in [1.54, 1.807) is 6.08 Å². The summed E-state index contributed by atoms with van der Waals surface area (Å²) < 4.78 is 0. The van der Waals surface area contributed by atoms with Gasteiger partial charge in [-0.25, -0.2) is 4.79 Å². The van der Waals surface area contributed by atoms with E-state index in [-0.39, 0.29) is 30.5 Å². The second-order valence-corrected chi connectivity index (χ2v) is 8.40. The SMILES string of the molecule is C/C=C\CC1(C/C=C/[C@H]2CCC(=O)[C@@H]2C/C=C\CCC(O)(O)C(=O)O)CCC1. The molecule has 156 valence electrons. The zero-order valence-electron chi connectivity index (χ0n) is 16.8. The Morgan fingerprint density at radius 2 is 1.89 bits per heavy atom. The van der Waals surface area contributed by atoms with Gasteiger partial charge in [-0.05, 0) is 63.2 Å². The van der Waals surface area contributed by atoms with Crippen molar-refractivity contribution in [2.24, 2.45) is 17.3 Å². The fraction of sp³-hybridized carbons (Fsp3) is 0.652. The minimum Gasteiger partial charge on any atom is -0.477 e. The maximum Gasteiger partial charge on any atom is 0.364 e. The highest BCUT2D eigenvalue weighted by molar-refractivity contribution is 5.83. The highest BCUT2D eigenvalue weighted by Gasteiger charge is 2.35. The summed E-state index contributed by atoms with van der Waals surface area (Å²) in [6.45, 7) is 2.06. The zero-order valence-corrected chi connectivity index (χ0v) is 16.8.